The molecule has 0 aromatic heterocycles. The van der Waals surface area contributed by atoms with Crippen molar-refractivity contribution in [1.82, 2.24) is 4.90 Å². The highest BCUT2D eigenvalue weighted by molar-refractivity contribution is 5.50. The summed E-state index contributed by atoms with van der Waals surface area (Å²) < 4.78 is 16.4. The Labute approximate surface area is 126 Å². The van der Waals surface area contributed by atoms with Gasteiger partial charge in [0.15, 0.2) is 11.5 Å². The molecular weight excluding hydrogens is 268 g/mol. The normalized spacial score (nSPS) is 16.2. The van der Waals surface area contributed by atoms with E-state index < -0.39 is 0 Å². The Balaban J connectivity index is 1.83. The highest BCUT2D eigenvalue weighted by atomic mass is 16.5. The lowest BCUT2D eigenvalue weighted by Gasteiger charge is -2.28. The molecule has 0 N–H and O–H groups in total. The quantitative estimate of drug-likeness (QED) is 0.804. The van der Waals surface area contributed by atoms with Crippen LogP contribution in [0.25, 0.3) is 0 Å². The van der Waals surface area contributed by atoms with Gasteiger partial charge in [-0.1, -0.05) is 6.07 Å². The van der Waals surface area contributed by atoms with Crippen molar-refractivity contribution in [3.63, 3.8) is 0 Å². The van der Waals surface area contributed by atoms with E-state index in [2.05, 4.69) is 11.0 Å². The Bertz CT molecular complexity index is 491. The Morgan fingerprint density at radius 2 is 1.90 bits per heavy atom. The summed E-state index contributed by atoms with van der Waals surface area (Å²) in [6.45, 7) is 3.40. The Hall–Kier alpha value is -1.93. The highest BCUT2D eigenvalue weighted by Crippen LogP contribution is 2.36. The van der Waals surface area contributed by atoms with Crippen LogP contribution in [0.2, 0.25) is 0 Å². The van der Waals surface area contributed by atoms with Crippen LogP contribution in [0.15, 0.2) is 18.2 Å². The fourth-order valence-corrected chi connectivity index (χ4v) is 2.54. The largest absolute Gasteiger partial charge is 0.493 e. The second kappa shape index (κ2) is 7.75. The van der Waals surface area contributed by atoms with Gasteiger partial charge in [-0.05, 0) is 38.1 Å². The standard InChI is InChI=1S/C16H22N2O3/c1-19-14-4-3-5-15(16(14)20-2)21-11-10-18-8-6-13(12-17)7-9-18/h3-5,13H,6-11H2,1-2H3. The van der Waals surface area contributed by atoms with Crippen LogP contribution in [0.5, 0.6) is 17.2 Å². The summed E-state index contributed by atoms with van der Waals surface area (Å²) in [4.78, 5) is 2.33. The zero-order chi connectivity index (χ0) is 15.1. The van der Waals surface area contributed by atoms with Crippen LogP contribution in [0.3, 0.4) is 0 Å². The summed E-state index contributed by atoms with van der Waals surface area (Å²) in [5.74, 6) is 2.22. The highest BCUT2D eigenvalue weighted by Gasteiger charge is 2.18. The third-order valence-corrected chi connectivity index (χ3v) is 3.80. The number of hydrogen-bond acceptors (Lipinski definition) is 5. The molecule has 114 valence electrons. The van der Waals surface area contributed by atoms with Crippen molar-refractivity contribution in [2.75, 3.05) is 40.5 Å². The minimum absolute atomic E-state index is 0.223. The van der Waals surface area contributed by atoms with Crippen LogP contribution in [0.1, 0.15) is 12.8 Å². The van der Waals surface area contributed by atoms with Gasteiger partial charge in [0.1, 0.15) is 6.61 Å². The molecule has 1 aromatic carbocycles. The number of nitriles is 1. The van der Waals surface area contributed by atoms with Crippen molar-refractivity contribution < 1.29 is 14.2 Å². The fraction of sp³-hybridized carbons (Fsp3) is 0.562. The fourth-order valence-electron chi connectivity index (χ4n) is 2.54. The summed E-state index contributed by atoms with van der Waals surface area (Å²) in [5.41, 5.74) is 0. The van der Waals surface area contributed by atoms with E-state index >= 15 is 0 Å². The summed E-state index contributed by atoms with van der Waals surface area (Å²) in [6.07, 6.45) is 1.91. The molecule has 0 aliphatic carbocycles. The van der Waals surface area contributed by atoms with E-state index in [4.69, 9.17) is 19.5 Å². The maximum Gasteiger partial charge on any atom is 0.203 e. The van der Waals surface area contributed by atoms with Crippen LogP contribution in [-0.4, -0.2) is 45.4 Å². The van der Waals surface area contributed by atoms with Gasteiger partial charge in [0, 0.05) is 12.5 Å². The number of para-hydroxylation sites is 1. The first-order valence-corrected chi connectivity index (χ1v) is 7.24. The molecule has 1 aromatic rings. The summed E-state index contributed by atoms with van der Waals surface area (Å²) in [6, 6.07) is 7.95. The molecule has 0 amide bonds. The first-order chi connectivity index (χ1) is 10.3. The van der Waals surface area contributed by atoms with E-state index in [1.165, 1.54) is 0 Å². The summed E-state index contributed by atoms with van der Waals surface area (Å²) in [5, 5.41) is 8.89. The molecule has 0 bridgehead atoms. The van der Waals surface area contributed by atoms with Gasteiger partial charge < -0.3 is 14.2 Å². The van der Waals surface area contributed by atoms with Crippen molar-refractivity contribution >= 4 is 0 Å². The van der Waals surface area contributed by atoms with Gasteiger partial charge in [0.2, 0.25) is 5.75 Å². The number of likely N-dealkylation sites (tertiary alicyclic amines) is 1. The molecule has 1 aliphatic rings. The predicted octanol–water partition coefficient (Wildman–Crippen LogP) is 2.32. The molecular formula is C16H22N2O3. The number of rotatable bonds is 6. The second-order valence-corrected chi connectivity index (χ2v) is 5.09. The van der Waals surface area contributed by atoms with Gasteiger partial charge in [0.25, 0.3) is 0 Å². The van der Waals surface area contributed by atoms with Gasteiger partial charge in [-0.2, -0.15) is 5.26 Å². The third kappa shape index (κ3) is 4.02. The topological polar surface area (TPSA) is 54.7 Å². The van der Waals surface area contributed by atoms with Crippen molar-refractivity contribution in [2.24, 2.45) is 5.92 Å². The molecule has 5 nitrogen and oxygen atoms in total. The molecule has 1 fully saturated rings. The zero-order valence-electron chi connectivity index (χ0n) is 12.7. The smallest absolute Gasteiger partial charge is 0.203 e. The maximum atomic E-state index is 8.89. The number of nitrogens with zero attached hydrogens (tertiary/aromatic N) is 2. The molecule has 0 atom stereocenters. The summed E-state index contributed by atoms with van der Waals surface area (Å²) in [7, 11) is 3.22. The molecule has 0 unspecified atom stereocenters. The molecule has 0 spiro atoms. The van der Waals surface area contributed by atoms with E-state index in [0.717, 1.165) is 32.5 Å². The zero-order valence-corrected chi connectivity index (χ0v) is 12.7. The SMILES string of the molecule is COc1cccc(OCCN2CCC(C#N)CC2)c1OC. The Morgan fingerprint density at radius 1 is 1.19 bits per heavy atom. The van der Waals surface area contributed by atoms with Crippen LogP contribution < -0.4 is 14.2 Å². The lowest BCUT2D eigenvalue weighted by molar-refractivity contribution is 0.166. The molecule has 2 rings (SSSR count). The van der Waals surface area contributed by atoms with Crippen LogP contribution in [0, 0.1) is 17.2 Å². The maximum absolute atomic E-state index is 8.89. The van der Waals surface area contributed by atoms with Gasteiger partial charge >= 0.3 is 0 Å². The molecule has 1 aliphatic heterocycles. The average Bonchev–Trinajstić information content (AvgIpc) is 2.55. The lowest BCUT2D eigenvalue weighted by atomic mass is 9.99. The summed E-state index contributed by atoms with van der Waals surface area (Å²) >= 11 is 0. The third-order valence-electron chi connectivity index (χ3n) is 3.80. The molecule has 1 saturated heterocycles. The number of piperidine rings is 1. The van der Waals surface area contributed by atoms with E-state index in [1.54, 1.807) is 14.2 Å². The van der Waals surface area contributed by atoms with Gasteiger partial charge in [0.05, 0.1) is 20.3 Å². The minimum atomic E-state index is 0.223. The van der Waals surface area contributed by atoms with Crippen molar-refractivity contribution in [3.8, 4) is 23.3 Å². The monoisotopic (exact) mass is 290 g/mol. The van der Waals surface area contributed by atoms with Crippen molar-refractivity contribution in [2.45, 2.75) is 12.8 Å². The van der Waals surface area contributed by atoms with E-state index in [-0.39, 0.29) is 5.92 Å². The molecule has 21 heavy (non-hydrogen) atoms. The number of hydrogen-bond donors (Lipinski definition) is 0. The molecule has 1 heterocycles. The number of benzene rings is 1. The number of ether oxygens (including phenoxy) is 3. The van der Waals surface area contributed by atoms with Crippen LogP contribution in [-0.2, 0) is 0 Å². The molecule has 0 radical (unpaired) electrons. The van der Waals surface area contributed by atoms with Crippen LogP contribution >= 0.6 is 0 Å². The van der Waals surface area contributed by atoms with E-state index in [0.29, 0.717) is 23.9 Å². The van der Waals surface area contributed by atoms with Gasteiger partial charge in [-0.3, -0.25) is 4.90 Å². The second-order valence-electron chi connectivity index (χ2n) is 5.09. The van der Waals surface area contributed by atoms with Crippen molar-refractivity contribution in [3.05, 3.63) is 18.2 Å². The molecule has 5 heteroatoms. The first-order valence-electron chi connectivity index (χ1n) is 7.24. The van der Waals surface area contributed by atoms with Gasteiger partial charge in [-0.25, -0.2) is 0 Å². The molecule has 0 saturated carbocycles. The predicted molar refractivity (Wildman–Crippen MR) is 79.8 cm³/mol. The lowest BCUT2D eigenvalue weighted by Crippen LogP contribution is -2.36. The van der Waals surface area contributed by atoms with E-state index in [1.807, 2.05) is 18.2 Å². The van der Waals surface area contributed by atoms with Gasteiger partial charge in [-0.15, -0.1) is 0 Å². The Kier molecular flexibility index (Phi) is 5.70. The Morgan fingerprint density at radius 3 is 2.52 bits per heavy atom. The van der Waals surface area contributed by atoms with Crippen LogP contribution in [0.4, 0.5) is 0 Å². The minimum Gasteiger partial charge on any atom is -0.493 e. The average molecular weight is 290 g/mol. The first kappa shape index (κ1) is 15.5. The number of methoxy groups -OCH3 is 2. The van der Waals surface area contributed by atoms with Crippen molar-refractivity contribution in [1.29, 1.82) is 5.26 Å². The van der Waals surface area contributed by atoms with E-state index in [9.17, 15) is 0 Å².